The molecular weight excluding hydrogens is 306 g/mol. The lowest BCUT2D eigenvalue weighted by atomic mass is 10.2. The number of benzene rings is 1. The Labute approximate surface area is 139 Å². The molecule has 1 atom stereocenters. The van der Waals surface area contributed by atoms with Gasteiger partial charge in [-0.05, 0) is 23.6 Å². The normalized spacial score (nSPS) is 12.5. The van der Waals surface area contributed by atoms with Gasteiger partial charge in [0.05, 0.1) is 31.0 Å². The number of quaternary nitrogens is 1. The Morgan fingerprint density at radius 1 is 1.17 bits per heavy atom. The van der Waals surface area contributed by atoms with Crippen LogP contribution in [0.3, 0.4) is 0 Å². The fourth-order valence-corrected chi connectivity index (χ4v) is 3.51. The summed E-state index contributed by atoms with van der Waals surface area (Å²) < 4.78 is 0. The molecular formula is C18H20N3OS+. The minimum absolute atomic E-state index is 0.126. The van der Waals surface area contributed by atoms with E-state index in [4.69, 9.17) is 0 Å². The molecule has 4 nitrogen and oxygen atoms in total. The molecule has 0 fully saturated rings. The fourth-order valence-electron chi connectivity index (χ4n) is 2.56. The Kier molecular flexibility index (Phi) is 4.69. The number of fused-ring (bicyclic) bond motifs is 1. The first-order valence-corrected chi connectivity index (χ1v) is 8.50. The predicted molar refractivity (Wildman–Crippen MR) is 93.9 cm³/mol. The van der Waals surface area contributed by atoms with E-state index in [2.05, 4.69) is 35.8 Å². The molecule has 0 saturated carbocycles. The van der Waals surface area contributed by atoms with Gasteiger partial charge in [-0.1, -0.05) is 30.3 Å². The Bertz CT molecular complexity index is 799. The van der Waals surface area contributed by atoms with E-state index >= 15 is 0 Å². The van der Waals surface area contributed by atoms with E-state index in [1.54, 1.807) is 17.4 Å². The van der Waals surface area contributed by atoms with Gasteiger partial charge in [0.1, 0.15) is 11.7 Å². The average molecular weight is 326 g/mol. The molecule has 1 amide bonds. The zero-order chi connectivity index (χ0) is 16.2. The van der Waals surface area contributed by atoms with Crippen LogP contribution in [0.2, 0.25) is 0 Å². The van der Waals surface area contributed by atoms with Crippen molar-refractivity contribution in [1.82, 2.24) is 10.3 Å². The predicted octanol–water partition coefficient (Wildman–Crippen LogP) is 1.91. The molecule has 0 spiro atoms. The summed E-state index contributed by atoms with van der Waals surface area (Å²) in [5, 5.41) is 6.13. The maximum Gasteiger partial charge on any atom is 0.270 e. The van der Waals surface area contributed by atoms with Crippen molar-refractivity contribution in [2.75, 3.05) is 20.6 Å². The lowest BCUT2D eigenvalue weighted by Gasteiger charge is -2.20. The second kappa shape index (κ2) is 6.89. The maximum atomic E-state index is 12.4. The van der Waals surface area contributed by atoms with Crippen LogP contribution in [0.5, 0.6) is 0 Å². The van der Waals surface area contributed by atoms with E-state index in [9.17, 15) is 4.79 Å². The molecule has 2 heterocycles. The van der Waals surface area contributed by atoms with Crippen molar-refractivity contribution in [3.8, 4) is 0 Å². The Morgan fingerprint density at radius 3 is 2.74 bits per heavy atom. The molecule has 23 heavy (non-hydrogen) atoms. The molecule has 2 N–H and O–H groups in total. The van der Waals surface area contributed by atoms with Gasteiger partial charge in [-0.15, -0.1) is 11.3 Å². The van der Waals surface area contributed by atoms with E-state index in [1.807, 2.05) is 36.4 Å². The van der Waals surface area contributed by atoms with E-state index in [0.29, 0.717) is 12.2 Å². The minimum atomic E-state index is -0.126. The number of nitrogens with one attached hydrogen (secondary N) is 2. The molecule has 5 heteroatoms. The van der Waals surface area contributed by atoms with Gasteiger partial charge in [0, 0.05) is 5.39 Å². The molecule has 0 bridgehead atoms. The van der Waals surface area contributed by atoms with Crippen LogP contribution in [0.1, 0.15) is 21.4 Å². The molecule has 3 aromatic rings. The summed E-state index contributed by atoms with van der Waals surface area (Å²) in [6, 6.07) is 15.9. The van der Waals surface area contributed by atoms with Crippen LogP contribution >= 0.6 is 11.3 Å². The molecule has 0 aliphatic heterocycles. The number of amides is 1. The molecule has 0 unspecified atom stereocenters. The van der Waals surface area contributed by atoms with E-state index in [1.165, 1.54) is 9.78 Å². The molecule has 118 valence electrons. The Hall–Kier alpha value is -2.24. The molecule has 2 aromatic heterocycles. The van der Waals surface area contributed by atoms with Crippen LogP contribution in [0, 0.1) is 0 Å². The summed E-state index contributed by atoms with van der Waals surface area (Å²) in [7, 11) is 4.20. The summed E-state index contributed by atoms with van der Waals surface area (Å²) in [5.41, 5.74) is 1.30. The van der Waals surface area contributed by atoms with Crippen LogP contribution in [-0.4, -0.2) is 31.5 Å². The van der Waals surface area contributed by atoms with Gasteiger partial charge in [0.2, 0.25) is 0 Å². The third-order valence-corrected chi connectivity index (χ3v) is 4.87. The van der Waals surface area contributed by atoms with Crippen LogP contribution in [0.15, 0.2) is 53.9 Å². The summed E-state index contributed by atoms with van der Waals surface area (Å²) >= 11 is 1.72. The lowest BCUT2D eigenvalue weighted by Crippen LogP contribution is -3.06. The molecule has 0 radical (unpaired) electrons. The SMILES string of the molecule is C[NH+](C)[C@H](CNC(=O)c1ccc2ccccc2n1)c1cccs1. The molecule has 0 saturated heterocycles. The third-order valence-electron chi connectivity index (χ3n) is 3.88. The van der Waals surface area contributed by atoms with Crippen LogP contribution in [0.25, 0.3) is 10.9 Å². The molecule has 0 aliphatic rings. The van der Waals surface area contributed by atoms with Crippen molar-refractivity contribution < 1.29 is 9.69 Å². The lowest BCUT2D eigenvalue weighted by molar-refractivity contribution is -0.890. The van der Waals surface area contributed by atoms with Gasteiger partial charge in [-0.25, -0.2) is 4.98 Å². The summed E-state index contributed by atoms with van der Waals surface area (Å²) in [5.74, 6) is -0.126. The highest BCUT2D eigenvalue weighted by Crippen LogP contribution is 2.16. The van der Waals surface area contributed by atoms with Crippen molar-refractivity contribution >= 4 is 28.1 Å². The van der Waals surface area contributed by atoms with E-state index in [-0.39, 0.29) is 11.9 Å². The van der Waals surface area contributed by atoms with Gasteiger partial charge in [0.25, 0.3) is 5.91 Å². The first kappa shape index (κ1) is 15.6. The summed E-state index contributed by atoms with van der Waals surface area (Å²) in [6.07, 6.45) is 0. The monoisotopic (exact) mass is 326 g/mol. The number of para-hydroxylation sites is 1. The average Bonchev–Trinajstić information content (AvgIpc) is 3.08. The highest BCUT2D eigenvalue weighted by atomic mass is 32.1. The fraction of sp³-hybridized carbons (Fsp3) is 0.222. The number of nitrogens with zero attached hydrogens (tertiary/aromatic N) is 1. The number of rotatable bonds is 5. The highest BCUT2D eigenvalue weighted by Gasteiger charge is 2.20. The van der Waals surface area contributed by atoms with Gasteiger partial charge in [-0.3, -0.25) is 4.79 Å². The number of aromatic nitrogens is 1. The third kappa shape index (κ3) is 3.57. The van der Waals surface area contributed by atoms with Gasteiger partial charge < -0.3 is 10.2 Å². The van der Waals surface area contributed by atoms with Crippen molar-refractivity contribution in [2.45, 2.75) is 6.04 Å². The topological polar surface area (TPSA) is 46.4 Å². The minimum Gasteiger partial charge on any atom is -0.344 e. The second-order valence-electron chi connectivity index (χ2n) is 5.74. The Morgan fingerprint density at radius 2 is 2.00 bits per heavy atom. The second-order valence-corrected chi connectivity index (χ2v) is 6.72. The molecule has 3 rings (SSSR count). The number of hydrogen-bond donors (Lipinski definition) is 2. The first-order chi connectivity index (χ1) is 11.1. The zero-order valence-corrected chi connectivity index (χ0v) is 14.1. The summed E-state index contributed by atoms with van der Waals surface area (Å²) in [4.78, 5) is 19.4. The number of pyridine rings is 1. The van der Waals surface area contributed by atoms with Crippen molar-refractivity contribution in [3.63, 3.8) is 0 Å². The number of carbonyl (C=O) groups is 1. The van der Waals surface area contributed by atoms with Gasteiger partial charge in [0.15, 0.2) is 0 Å². The molecule has 0 aliphatic carbocycles. The quantitative estimate of drug-likeness (QED) is 0.752. The van der Waals surface area contributed by atoms with Crippen molar-refractivity contribution in [3.05, 3.63) is 64.5 Å². The Balaban J connectivity index is 1.72. The van der Waals surface area contributed by atoms with Crippen molar-refractivity contribution in [2.24, 2.45) is 0 Å². The van der Waals surface area contributed by atoms with E-state index in [0.717, 1.165) is 10.9 Å². The number of likely N-dealkylation sites (N-methyl/N-ethyl adjacent to an activating group) is 1. The first-order valence-electron chi connectivity index (χ1n) is 7.62. The van der Waals surface area contributed by atoms with E-state index < -0.39 is 0 Å². The van der Waals surface area contributed by atoms with Crippen LogP contribution < -0.4 is 10.2 Å². The standard InChI is InChI=1S/C18H19N3OS/c1-21(2)16(17-8-5-11-23-17)12-19-18(22)15-10-9-13-6-3-4-7-14(13)20-15/h3-11,16H,12H2,1-2H3,(H,19,22)/p+1/t16-/m1/s1. The summed E-state index contributed by atoms with van der Waals surface area (Å²) in [6.45, 7) is 0.593. The smallest absolute Gasteiger partial charge is 0.270 e. The van der Waals surface area contributed by atoms with Gasteiger partial charge >= 0.3 is 0 Å². The largest absolute Gasteiger partial charge is 0.344 e. The zero-order valence-electron chi connectivity index (χ0n) is 13.2. The number of carbonyl (C=O) groups excluding carboxylic acids is 1. The highest BCUT2D eigenvalue weighted by molar-refractivity contribution is 7.10. The number of hydrogen-bond acceptors (Lipinski definition) is 3. The van der Waals surface area contributed by atoms with Crippen LogP contribution in [0.4, 0.5) is 0 Å². The number of thiophene rings is 1. The van der Waals surface area contributed by atoms with Crippen molar-refractivity contribution in [1.29, 1.82) is 0 Å². The van der Waals surface area contributed by atoms with Crippen LogP contribution in [-0.2, 0) is 0 Å². The molecule has 1 aromatic carbocycles. The van der Waals surface area contributed by atoms with Gasteiger partial charge in [-0.2, -0.15) is 0 Å². The maximum absolute atomic E-state index is 12.4.